The number of ether oxygens (including phenoxy) is 4. The molecule has 4 rings (SSSR count). The summed E-state index contributed by atoms with van der Waals surface area (Å²) < 4.78 is 22.4. The second-order valence-corrected chi connectivity index (χ2v) is 7.90. The van der Waals surface area contributed by atoms with Crippen molar-refractivity contribution >= 4 is 29.5 Å². The van der Waals surface area contributed by atoms with E-state index in [1.165, 1.54) is 0 Å². The molecule has 1 fully saturated rings. The van der Waals surface area contributed by atoms with Crippen LogP contribution in [0.2, 0.25) is 0 Å². The molecule has 1 aliphatic heterocycles. The Balaban J connectivity index is 1.59. The van der Waals surface area contributed by atoms with E-state index in [2.05, 4.69) is 0 Å². The molecular weight excluding hydrogens is 460 g/mol. The predicted molar refractivity (Wildman–Crippen MR) is 123 cm³/mol. The number of alkyl halides is 1. The van der Waals surface area contributed by atoms with E-state index in [-0.39, 0.29) is 17.7 Å². The lowest BCUT2D eigenvalue weighted by atomic mass is 10.0. The number of rotatable bonds is 6. The van der Waals surface area contributed by atoms with Crippen molar-refractivity contribution in [2.45, 2.75) is 23.9 Å². The number of benzene rings is 3. The Kier molecular flexibility index (Phi) is 7.57. The highest BCUT2D eigenvalue weighted by atomic mass is 35.5. The van der Waals surface area contributed by atoms with Crippen LogP contribution in [0.3, 0.4) is 0 Å². The first-order valence-corrected chi connectivity index (χ1v) is 11.0. The maximum absolute atomic E-state index is 12.8. The standard InChI is InChI=1S/C26H21ClO7/c27-23-22(34-26(30)19-14-8-3-9-15-19)21(33-25(29)18-12-6-2-7-13-18)20(16-31-23)32-24(28)17-10-4-1-5-11-17/h1-15,20-23H,16H2/t20-,21-,22-,23-/m1/s1. The minimum Gasteiger partial charge on any atom is -0.452 e. The largest absolute Gasteiger partial charge is 0.452 e. The maximum atomic E-state index is 12.8. The van der Waals surface area contributed by atoms with Crippen LogP contribution in [0.5, 0.6) is 0 Å². The fraction of sp³-hybridized carbons (Fsp3) is 0.192. The fourth-order valence-corrected chi connectivity index (χ4v) is 3.68. The van der Waals surface area contributed by atoms with Crippen molar-refractivity contribution in [2.75, 3.05) is 6.61 Å². The molecule has 4 atom stereocenters. The second-order valence-electron chi connectivity index (χ2n) is 7.47. The summed E-state index contributed by atoms with van der Waals surface area (Å²) in [6.45, 7) is -0.154. The van der Waals surface area contributed by atoms with Gasteiger partial charge in [-0.3, -0.25) is 0 Å². The van der Waals surface area contributed by atoms with Gasteiger partial charge in [0.2, 0.25) is 0 Å². The third-order valence-corrected chi connectivity index (χ3v) is 5.52. The lowest BCUT2D eigenvalue weighted by molar-refractivity contribution is -0.169. The van der Waals surface area contributed by atoms with Gasteiger partial charge in [-0.25, -0.2) is 14.4 Å². The normalized spacial score (nSPS) is 21.8. The molecule has 3 aromatic rings. The molecule has 7 nitrogen and oxygen atoms in total. The van der Waals surface area contributed by atoms with Crippen LogP contribution in [-0.2, 0) is 18.9 Å². The van der Waals surface area contributed by atoms with Crippen LogP contribution in [0.15, 0.2) is 91.0 Å². The summed E-state index contributed by atoms with van der Waals surface area (Å²) in [5, 5.41) is 0. The molecule has 0 amide bonds. The fourth-order valence-electron chi connectivity index (χ4n) is 3.41. The number of hydrogen-bond acceptors (Lipinski definition) is 7. The lowest BCUT2D eigenvalue weighted by Gasteiger charge is -2.38. The third kappa shape index (κ3) is 5.62. The van der Waals surface area contributed by atoms with Crippen LogP contribution in [-0.4, -0.2) is 48.4 Å². The number of hydrogen-bond donors (Lipinski definition) is 0. The Labute approximate surface area is 201 Å². The molecule has 174 valence electrons. The number of carbonyl (C=O) groups excluding carboxylic acids is 3. The van der Waals surface area contributed by atoms with Gasteiger partial charge in [-0.15, -0.1) is 0 Å². The van der Waals surface area contributed by atoms with Crippen molar-refractivity contribution in [1.82, 2.24) is 0 Å². The first-order valence-electron chi connectivity index (χ1n) is 10.6. The number of esters is 3. The van der Waals surface area contributed by atoms with Gasteiger partial charge in [0.15, 0.2) is 23.9 Å². The lowest BCUT2D eigenvalue weighted by Crippen LogP contribution is -2.56. The van der Waals surface area contributed by atoms with E-state index in [9.17, 15) is 14.4 Å². The van der Waals surface area contributed by atoms with Gasteiger partial charge >= 0.3 is 17.9 Å². The number of carbonyl (C=O) groups is 3. The Morgan fingerprint density at radius 2 is 1.00 bits per heavy atom. The Morgan fingerprint density at radius 3 is 1.44 bits per heavy atom. The third-order valence-electron chi connectivity index (χ3n) is 5.14. The van der Waals surface area contributed by atoms with Crippen LogP contribution in [0.1, 0.15) is 31.1 Å². The van der Waals surface area contributed by atoms with E-state index in [1.54, 1.807) is 91.0 Å². The van der Waals surface area contributed by atoms with E-state index in [4.69, 9.17) is 30.5 Å². The maximum Gasteiger partial charge on any atom is 0.338 e. The zero-order valence-electron chi connectivity index (χ0n) is 17.9. The predicted octanol–water partition coefficient (Wildman–Crippen LogP) is 4.26. The molecule has 0 N–H and O–H groups in total. The molecule has 0 spiro atoms. The van der Waals surface area contributed by atoms with Crippen molar-refractivity contribution in [2.24, 2.45) is 0 Å². The van der Waals surface area contributed by atoms with E-state index >= 15 is 0 Å². The monoisotopic (exact) mass is 480 g/mol. The molecule has 1 saturated heterocycles. The van der Waals surface area contributed by atoms with Crippen LogP contribution < -0.4 is 0 Å². The van der Waals surface area contributed by atoms with Gasteiger partial charge in [-0.2, -0.15) is 0 Å². The van der Waals surface area contributed by atoms with Crippen LogP contribution in [0.4, 0.5) is 0 Å². The summed E-state index contributed by atoms with van der Waals surface area (Å²) in [5.41, 5.74) is -0.265. The average Bonchev–Trinajstić information content (AvgIpc) is 2.89. The van der Waals surface area contributed by atoms with Crippen molar-refractivity contribution in [3.63, 3.8) is 0 Å². The summed E-state index contributed by atoms with van der Waals surface area (Å²) in [7, 11) is 0. The summed E-state index contributed by atoms with van der Waals surface area (Å²) >= 11 is 6.33. The Hall–Kier alpha value is -3.68. The Bertz CT molecular complexity index is 1120. The molecule has 0 unspecified atom stereocenters. The molecular formula is C26H21ClO7. The molecule has 3 aromatic carbocycles. The molecule has 34 heavy (non-hydrogen) atoms. The van der Waals surface area contributed by atoms with E-state index in [1.807, 2.05) is 0 Å². The molecule has 0 radical (unpaired) electrons. The molecule has 0 bridgehead atoms. The van der Waals surface area contributed by atoms with Gasteiger partial charge < -0.3 is 18.9 Å². The molecule has 0 aromatic heterocycles. The van der Waals surface area contributed by atoms with Crippen LogP contribution in [0, 0.1) is 0 Å². The number of halogens is 1. The molecule has 0 saturated carbocycles. The molecule has 1 heterocycles. The molecule has 1 aliphatic rings. The van der Waals surface area contributed by atoms with Gasteiger partial charge in [0.05, 0.1) is 23.3 Å². The first-order chi connectivity index (χ1) is 16.5. The van der Waals surface area contributed by atoms with E-state index in [0.717, 1.165) is 0 Å². The van der Waals surface area contributed by atoms with E-state index < -0.39 is 41.8 Å². The Morgan fingerprint density at radius 1 is 0.618 bits per heavy atom. The van der Waals surface area contributed by atoms with E-state index in [0.29, 0.717) is 5.56 Å². The highest BCUT2D eigenvalue weighted by molar-refractivity contribution is 6.20. The minimum absolute atomic E-state index is 0.154. The summed E-state index contributed by atoms with van der Waals surface area (Å²) in [5.74, 6) is -2.01. The molecule has 0 aliphatic carbocycles. The minimum atomic E-state index is -1.23. The van der Waals surface area contributed by atoms with Gasteiger partial charge in [0.25, 0.3) is 0 Å². The summed E-state index contributed by atoms with van der Waals surface area (Å²) in [6.07, 6.45) is -3.50. The SMILES string of the molecule is O=C(O[C@@H]1[C@H](OC(=O)c2ccccc2)[C@H](OC(=O)c2ccccc2)CO[C@H]1Cl)c1ccccc1. The van der Waals surface area contributed by atoms with Gasteiger partial charge in [0, 0.05) is 0 Å². The van der Waals surface area contributed by atoms with Crippen LogP contribution >= 0.6 is 11.6 Å². The summed E-state index contributed by atoms with van der Waals surface area (Å²) in [4.78, 5) is 38.2. The van der Waals surface area contributed by atoms with Crippen molar-refractivity contribution in [3.05, 3.63) is 108 Å². The van der Waals surface area contributed by atoms with Gasteiger partial charge in [-0.1, -0.05) is 66.2 Å². The van der Waals surface area contributed by atoms with Crippen LogP contribution in [0.25, 0.3) is 0 Å². The van der Waals surface area contributed by atoms with Gasteiger partial charge in [-0.05, 0) is 36.4 Å². The topological polar surface area (TPSA) is 88.1 Å². The zero-order valence-corrected chi connectivity index (χ0v) is 18.7. The highest BCUT2D eigenvalue weighted by Gasteiger charge is 2.47. The smallest absolute Gasteiger partial charge is 0.338 e. The van der Waals surface area contributed by atoms with Crippen molar-refractivity contribution < 1.29 is 33.3 Å². The zero-order chi connectivity index (χ0) is 23.9. The average molecular weight is 481 g/mol. The first kappa shape index (κ1) is 23.5. The van der Waals surface area contributed by atoms with Crippen molar-refractivity contribution in [3.8, 4) is 0 Å². The summed E-state index contributed by atoms with van der Waals surface area (Å²) in [6, 6.07) is 24.9. The molecule has 8 heteroatoms. The highest BCUT2D eigenvalue weighted by Crippen LogP contribution is 2.28. The quantitative estimate of drug-likeness (QED) is 0.296. The van der Waals surface area contributed by atoms with Crippen molar-refractivity contribution in [1.29, 1.82) is 0 Å². The van der Waals surface area contributed by atoms with Gasteiger partial charge in [0.1, 0.15) is 0 Å². The second kappa shape index (κ2) is 11.0.